The molecule has 1 heterocycles. The van der Waals surface area contributed by atoms with Crippen molar-refractivity contribution in [3.63, 3.8) is 0 Å². The summed E-state index contributed by atoms with van der Waals surface area (Å²) in [5.74, 6) is 5.62. The van der Waals surface area contributed by atoms with Gasteiger partial charge >= 0.3 is 5.69 Å². The molecule has 1 rings (SSSR count). The fourth-order valence-electron chi connectivity index (χ4n) is 1.80. The van der Waals surface area contributed by atoms with Crippen molar-refractivity contribution < 1.29 is 10.0 Å². The summed E-state index contributed by atoms with van der Waals surface area (Å²) in [7, 11) is 0. The first-order chi connectivity index (χ1) is 9.23. The molecule has 8 nitrogen and oxygen atoms in total. The van der Waals surface area contributed by atoms with Gasteiger partial charge in [-0.15, -0.1) is 0 Å². The number of pyridine rings is 1. The van der Waals surface area contributed by atoms with E-state index in [1.807, 2.05) is 20.8 Å². The molecule has 1 atom stereocenters. The molecule has 1 aromatic heterocycles. The molecule has 20 heavy (non-hydrogen) atoms. The number of nitrogen functional groups attached to an aromatic ring is 1. The van der Waals surface area contributed by atoms with Crippen LogP contribution in [0.15, 0.2) is 12.1 Å². The molecule has 0 aromatic carbocycles. The Kier molecular flexibility index (Phi) is 5.23. The van der Waals surface area contributed by atoms with Gasteiger partial charge in [0.15, 0.2) is 0 Å². The number of rotatable bonds is 6. The van der Waals surface area contributed by atoms with Crippen LogP contribution in [0.1, 0.15) is 27.2 Å². The predicted octanol–water partition coefficient (Wildman–Crippen LogP) is 1.48. The molecule has 8 heteroatoms. The highest BCUT2D eigenvalue weighted by Crippen LogP contribution is 2.25. The zero-order valence-electron chi connectivity index (χ0n) is 11.9. The van der Waals surface area contributed by atoms with Crippen molar-refractivity contribution in [1.29, 1.82) is 0 Å². The third-order valence-corrected chi connectivity index (χ3v) is 2.57. The lowest BCUT2D eigenvalue weighted by Crippen LogP contribution is -2.25. The summed E-state index contributed by atoms with van der Waals surface area (Å²) in [5.41, 5.74) is 2.14. The summed E-state index contributed by atoms with van der Waals surface area (Å²) in [6, 6.07) is 2.72. The molecular weight excluding hydrogens is 262 g/mol. The molecule has 0 amide bonds. The average molecular weight is 283 g/mol. The average Bonchev–Trinajstić information content (AvgIpc) is 2.33. The van der Waals surface area contributed by atoms with Crippen LogP contribution in [0.5, 0.6) is 0 Å². The smallest absolute Gasteiger partial charge is 0.311 e. The van der Waals surface area contributed by atoms with Gasteiger partial charge in [0, 0.05) is 12.6 Å². The summed E-state index contributed by atoms with van der Waals surface area (Å²) in [4.78, 5) is 14.4. The van der Waals surface area contributed by atoms with E-state index in [9.17, 15) is 15.2 Å². The number of hydrazine groups is 1. The summed E-state index contributed by atoms with van der Waals surface area (Å²) in [5, 5.41) is 23.6. The Hall–Kier alpha value is -1.93. The molecule has 1 aromatic rings. The SMILES string of the molecule is CC(C)(C)CC(O)CNc1nc(NN)ccc1[N+](=O)[O-]. The summed E-state index contributed by atoms with van der Waals surface area (Å²) in [6.45, 7) is 6.21. The zero-order chi connectivity index (χ0) is 15.3. The summed E-state index contributed by atoms with van der Waals surface area (Å²) in [6.07, 6.45) is -0.0475. The topological polar surface area (TPSA) is 126 Å². The number of anilines is 2. The third kappa shape index (κ3) is 4.98. The molecule has 0 fully saturated rings. The highest BCUT2D eigenvalue weighted by Gasteiger charge is 2.19. The van der Waals surface area contributed by atoms with Gasteiger partial charge in [-0.25, -0.2) is 10.8 Å². The van der Waals surface area contributed by atoms with Crippen LogP contribution in [-0.4, -0.2) is 27.7 Å². The Morgan fingerprint density at radius 2 is 2.15 bits per heavy atom. The lowest BCUT2D eigenvalue weighted by molar-refractivity contribution is -0.384. The van der Waals surface area contributed by atoms with E-state index in [1.165, 1.54) is 12.1 Å². The predicted molar refractivity (Wildman–Crippen MR) is 77.3 cm³/mol. The largest absolute Gasteiger partial charge is 0.391 e. The zero-order valence-corrected chi connectivity index (χ0v) is 11.9. The van der Waals surface area contributed by atoms with Crippen LogP contribution in [0.2, 0.25) is 0 Å². The fraction of sp³-hybridized carbons (Fsp3) is 0.583. The first-order valence-corrected chi connectivity index (χ1v) is 6.27. The molecule has 0 aliphatic rings. The first-order valence-electron chi connectivity index (χ1n) is 6.27. The summed E-state index contributed by atoms with van der Waals surface area (Å²) < 4.78 is 0. The monoisotopic (exact) mass is 283 g/mol. The van der Waals surface area contributed by atoms with E-state index < -0.39 is 11.0 Å². The van der Waals surface area contributed by atoms with E-state index in [4.69, 9.17) is 5.84 Å². The van der Waals surface area contributed by atoms with Gasteiger partial charge in [0.1, 0.15) is 5.82 Å². The van der Waals surface area contributed by atoms with Crippen LogP contribution in [0, 0.1) is 15.5 Å². The quantitative estimate of drug-likeness (QED) is 0.354. The Balaban J connectivity index is 2.77. The maximum Gasteiger partial charge on any atom is 0.311 e. The summed E-state index contributed by atoms with van der Waals surface area (Å²) >= 11 is 0. The van der Waals surface area contributed by atoms with Crippen molar-refractivity contribution in [2.45, 2.75) is 33.3 Å². The third-order valence-electron chi connectivity index (χ3n) is 2.57. The Labute approximate surface area is 117 Å². The number of aliphatic hydroxyl groups is 1. The fourth-order valence-corrected chi connectivity index (χ4v) is 1.80. The lowest BCUT2D eigenvalue weighted by atomic mass is 9.89. The van der Waals surface area contributed by atoms with Crippen LogP contribution in [0.4, 0.5) is 17.3 Å². The van der Waals surface area contributed by atoms with E-state index in [2.05, 4.69) is 15.7 Å². The molecule has 0 bridgehead atoms. The van der Waals surface area contributed by atoms with Crippen molar-refractivity contribution in [3.8, 4) is 0 Å². The molecular formula is C12H21N5O3. The van der Waals surface area contributed by atoms with Gasteiger partial charge in [0.05, 0.1) is 11.0 Å². The van der Waals surface area contributed by atoms with Crippen molar-refractivity contribution in [1.82, 2.24) is 4.98 Å². The van der Waals surface area contributed by atoms with Crippen LogP contribution in [0.25, 0.3) is 0 Å². The minimum atomic E-state index is -0.620. The second-order valence-corrected chi connectivity index (χ2v) is 5.77. The van der Waals surface area contributed by atoms with Gasteiger partial charge < -0.3 is 15.8 Å². The van der Waals surface area contributed by atoms with Crippen molar-refractivity contribution in [2.24, 2.45) is 11.3 Å². The van der Waals surface area contributed by atoms with Crippen LogP contribution in [0.3, 0.4) is 0 Å². The number of nitrogens with two attached hydrogens (primary N) is 1. The Morgan fingerprint density at radius 1 is 1.50 bits per heavy atom. The number of hydrogen-bond donors (Lipinski definition) is 4. The first kappa shape index (κ1) is 16.1. The minimum Gasteiger partial charge on any atom is -0.391 e. The molecule has 0 aliphatic heterocycles. The van der Waals surface area contributed by atoms with E-state index in [1.54, 1.807) is 0 Å². The van der Waals surface area contributed by atoms with Crippen molar-refractivity contribution in [2.75, 3.05) is 17.3 Å². The molecule has 0 saturated heterocycles. The Morgan fingerprint density at radius 3 is 2.65 bits per heavy atom. The van der Waals surface area contributed by atoms with Gasteiger partial charge in [-0.1, -0.05) is 20.8 Å². The molecule has 0 spiro atoms. The van der Waals surface area contributed by atoms with Gasteiger partial charge in [0.25, 0.3) is 0 Å². The highest BCUT2D eigenvalue weighted by atomic mass is 16.6. The highest BCUT2D eigenvalue weighted by molar-refractivity contribution is 5.60. The molecule has 0 saturated carbocycles. The van der Waals surface area contributed by atoms with Crippen LogP contribution >= 0.6 is 0 Å². The number of nitro groups is 1. The van der Waals surface area contributed by atoms with Crippen LogP contribution < -0.4 is 16.6 Å². The van der Waals surface area contributed by atoms with Gasteiger partial charge in [-0.05, 0) is 17.9 Å². The number of aromatic nitrogens is 1. The van der Waals surface area contributed by atoms with E-state index in [-0.39, 0.29) is 23.5 Å². The van der Waals surface area contributed by atoms with Gasteiger partial charge in [-0.2, -0.15) is 0 Å². The Bertz CT molecular complexity index is 473. The van der Waals surface area contributed by atoms with E-state index >= 15 is 0 Å². The van der Waals surface area contributed by atoms with E-state index in [0.717, 1.165) is 0 Å². The number of nitrogens with one attached hydrogen (secondary N) is 2. The maximum atomic E-state index is 10.9. The molecule has 0 radical (unpaired) electrons. The lowest BCUT2D eigenvalue weighted by Gasteiger charge is -2.22. The maximum absolute atomic E-state index is 10.9. The second-order valence-electron chi connectivity index (χ2n) is 5.77. The van der Waals surface area contributed by atoms with Gasteiger partial charge in [0.2, 0.25) is 5.82 Å². The molecule has 5 N–H and O–H groups in total. The molecule has 1 unspecified atom stereocenters. The van der Waals surface area contributed by atoms with Crippen LogP contribution in [-0.2, 0) is 0 Å². The van der Waals surface area contributed by atoms with Gasteiger partial charge in [-0.3, -0.25) is 10.1 Å². The van der Waals surface area contributed by atoms with Crippen molar-refractivity contribution in [3.05, 3.63) is 22.2 Å². The second kappa shape index (κ2) is 6.49. The molecule has 112 valence electrons. The van der Waals surface area contributed by atoms with Crippen molar-refractivity contribution >= 4 is 17.3 Å². The number of nitrogens with zero attached hydrogens (tertiary/aromatic N) is 2. The molecule has 0 aliphatic carbocycles. The standard InChI is InChI=1S/C12H21N5O3/c1-12(2,3)6-8(18)7-14-11-9(17(19)20)4-5-10(15-11)16-13/h4-5,8,18H,6-7,13H2,1-3H3,(H2,14,15,16). The number of aliphatic hydroxyl groups excluding tert-OH is 1. The van der Waals surface area contributed by atoms with E-state index in [0.29, 0.717) is 12.2 Å². The minimum absolute atomic E-state index is 0.0267. The normalized spacial score (nSPS) is 12.8. The number of hydrogen-bond acceptors (Lipinski definition) is 7.